The molecule has 0 aliphatic carbocycles. The van der Waals surface area contributed by atoms with Crippen LogP contribution < -0.4 is 5.73 Å². The van der Waals surface area contributed by atoms with E-state index in [-0.39, 0.29) is 36.5 Å². The Hall–Kier alpha value is -3.05. The third-order valence-electron chi connectivity index (χ3n) is 5.18. The average molecular weight is 437 g/mol. The number of morpholine rings is 1. The molecule has 0 radical (unpaired) electrons. The number of carbonyl (C=O) groups excluding carboxylic acids is 1. The van der Waals surface area contributed by atoms with Gasteiger partial charge in [0.05, 0.1) is 12.8 Å². The topological polar surface area (TPSA) is 86.3 Å². The number of aryl methyl sites for hydroxylation is 1. The molecule has 2 N–H and O–H groups in total. The van der Waals surface area contributed by atoms with Gasteiger partial charge in [-0.3, -0.25) is 14.4 Å². The molecule has 3 aromatic rings. The van der Waals surface area contributed by atoms with Crippen LogP contribution in [-0.2, 0) is 18.3 Å². The number of ether oxygens (including phenoxy) is 1. The van der Waals surface area contributed by atoms with Crippen LogP contribution in [0.2, 0.25) is 0 Å². The Kier molecular flexibility index (Phi) is 5.40. The Labute approximate surface area is 174 Å². The number of halogens is 4. The zero-order chi connectivity index (χ0) is 22.3. The number of carbonyl (C=O) groups is 1. The Balaban J connectivity index is 1.74. The molecule has 1 saturated heterocycles. The molecule has 31 heavy (non-hydrogen) atoms. The smallest absolute Gasteiger partial charge is 0.366 e. The van der Waals surface area contributed by atoms with Crippen LogP contribution in [0.25, 0.3) is 22.0 Å². The predicted molar refractivity (Wildman–Crippen MR) is 103 cm³/mol. The lowest BCUT2D eigenvalue weighted by Crippen LogP contribution is -2.48. The van der Waals surface area contributed by atoms with Crippen molar-refractivity contribution in [3.8, 4) is 11.1 Å². The Morgan fingerprint density at radius 3 is 2.77 bits per heavy atom. The SMILES string of the molecule is Cn1cc(-c2cc(C(N)=O)nc3c(F)c(CN4CCO[C@H](C(F)(F)F)C4)ccc23)cn1. The third kappa shape index (κ3) is 4.23. The number of pyridine rings is 1. The number of nitrogens with zero attached hydrogens (tertiary/aromatic N) is 4. The standard InChI is InChI=1S/C20H19F4N5O2/c1-28-8-12(7-26-28)14-6-15(19(25)30)27-18-13(14)3-2-11(17(18)21)9-29-4-5-31-16(10-29)20(22,23)24/h2-3,6-8,16H,4-5,9-10H2,1H3,(H2,25,30)/t16-/m0/s1. The molecule has 0 saturated carbocycles. The highest BCUT2D eigenvalue weighted by Gasteiger charge is 2.43. The van der Waals surface area contributed by atoms with E-state index in [0.29, 0.717) is 16.5 Å². The molecule has 1 aliphatic heterocycles. The van der Waals surface area contributed by atoms with Crippen molar-refractivity contribution in [2.45, 2.75) is 18.8 Å². The molecule has 3 heterocycles. The van der Waals surface area contributed by atoms with Crippen molar-refractivity contribution in [1.29, 1.82) is 0 Å². The number of nitrogens with two attached hydrogens (primary N) is 1. The fourth-order valence-electron chi connectivity index (χ4n) is 3.63. The van der Waals surface area contributed by atoms with E-state index in [2.05, 4.69) is 10.1 Å². The van der Waals surface area contributed by atoms with Gasteiger partial charge in [0.1, 0.15) is 11.2 Å². The van der Waals surface area contributed by atoms with Crippen LogP contribution >= 0.6 is 0 Å². The normalized spacial score (nSPS) is 17.9. The van der Waals surface area contributed by atoms with Crippen LogP contribution in [-0.4, -0.2) is 57.5 Å². The molecular weight excluding hydrogens is 418 g/mol. The fourth-order valence-corrected chi connectivity index (χ4v) is 3.63. The first kappa shape index (κ1) is 21.2. The lowest BCUT2D eigenvalue weighted by Gasteiger charge is -2.33. The van der Waals surface area contributed by atoms with E-state index < -0.39 is 30.5 Å². The fraction of sp³-hybridized carbons (Fsp3) is 0.350. The molecular formula is C20H19F4N5O2. The molecule has 0 bridgehead atoms. The van der Waals surface area contributed by atoms with Gasteiger partial charge in [0.15, 0.2) is 11.9 Å². The number of fused-ring (bicyclic) bond motifs is 1. The second-order valence-corrected chi connectivity index (χ2v) is 7.39. The minimum atomic E-state index is -4.49. The van der Waals surface area contributed by atoms with Gasteiger partial charge in [0.25, 0.3) is 5.91 Å². The van der Waals surface area contributed by atoms with E-state index in [0.717, 1.165) is 0 Å². The number of alkyl halides is 3. The van der Waals surface area contributed by atoms with Crippen molar-refractivity contribution in [1.82, 2.24) is 19.7 Å². The maximum Gasteiger partial charge on any atom is 0.415 e. The highest BCUT2D eigenvalue weighted by Crippen LogP contribution is 2.32. The lowest BCUT2D eigenvalue weighted by atomic mass is 10.00. The van der Waals surface area contributed by atoms with Gasteiger partial charge in [-0.15, -0.1) is 0 Å². The first-order valence-electron chi connectivity index (χ1n) is 9.45. The van der Waals surface area contributed by atoms with Crippen LogP contribution in [0.15, 0.2) is 30.6 Å². The average Bonchev–Trinajstić information content (AvgIpc) is 3.15. The molecule has 0 unspecified atom stereocenters. The first-order valence-corrected chi connectivity index (χ1v) is 9.45. The van der Waals surface area contributed by atoms with Crippen LogP contribution in [0.1, 0.15) is 16.1 Å². The van der Waals surface area contributed by atoms with Crippen molar-refractivity contribution >= 4 is 16.8 Å². The van der Waals surface area contributed by atoms with Crippen LogP contribution in [0.5, 0.6) is 0 Å². The summed E-state index contributed by atoms with van der Waals surface area (Å²) in [4.78, 5) is 17.3. The number of benzene rings is 1. The zero-order valence-electron chi connectivity index (χ0n) is 16.5. The summed E-state index contributed by atoms with van der Waals surface area (Å²) in [5.41, 5.74) is 6.52. The van der Waals surface area contributed by atoms with Crippen molar-refractivity contribution in [2.75, 3.05) is 19.7 Å². The molecule has 7 nitrogen and oxygen atoms in total. The van der Waals surface area contributed by atoms with Crippen molar-refractivity contribution in [3.05, 3.63) is 47.7 Å². The van der Waals surface area contributed by atoms with E-state index in [1.165, 1.54) is 17.0 Å². The largest absolute Gasteiger partial charge is 0.415 e. The summed E-state index contributed by atoms with van der Waals surface area (Å²) in [6.07, 6.45) is -3.13. The number of hydrogen-bond acceptors (Lipinski definition) is 5. The van der Waals surface area contributed by atoms with E-state index in [4.69, 9.17) is 10.5 Å². The van der Waals surface area contributed by atoms with Crippen LogP contribution in [0.3, 0.4) is 0 Å². The lowest BCUT2D eigenvalue weighted by molar-refractivity contribution is -0.237. The highest BCUT2D eigenvalue weighted by atomic mass is 19.4. The minimum Gasteiger partial charge on any atom is -0.366 e. The molecule has 11 heteroatoms. The van der Waals surface area contributed by atoms with Crippen molar-refractivity contribution in [2.24, 2.45) is 12.8 Å². The molecule has 1 amide bonds. The summed E-state index contributed by atoms with van der Waals surface area (Å²) >= 11 is 0. The number of primary amides is 1. The van der Waals surface area contributed by atoms with E-state index in [9.17, 15) is 18.0 Å². The van der Waals surface area contributed by atoms with Gasteiger partial charge in [-0.25, -0.2) is 9.37 Å². The summed E-state index contributed by atoms with van der Waals surface area (Å²) < 4.78 is 60.7. The molecule has 1 aliphatic rings. The summed E-state index contributed by atoms with van der Waals surface area (Å²) in [7, 11) is 1.72. The Morgan fingerprint density at radius 2 is 2.13 bits per heavy atom. The van der Waals surface area contributed by atoms with Crippen LogP contribution in [0, 0.1) is 5.82 Å². The summed E-state index contributed by atoms with van der Waals surface area (Å²) in [5.74, 6) is -1.53. The molecule has 1 fully saturated rings. The summed E-state index contributed by atoms with van der Waals surface area (Å²) in [5, 5.41) is 4.53. The second-order valence-electron chi connectivity index (χ2n) is 7.39. The second kappa shape index (κ2) is 7.89. The molecule has 1 atom stereocenters. The monoisotopic (exact) mass is 437 g/mol. The van der Waals surface area contributed by atoms with Gasteiger partial charge in [-0.05, 0) is 11.6 Å². The maximum atomic E-state index is 15.4. The van der Waals surface area contributed by atoms with Crippen molar-refractivity contribution in [3.63, 3.8) is 0 Å². The van der Waals surface area contributed by atoms with E-state index in [1.54, 1.807) is 30.2 Å². The zero-order valence-corrected chi connectivity index (χ0v) is 16.5. The first-order chi connectivity index (χ1) is 14.6. The van der Waals surface area contributed by atoms with Gasteiger partial charge in [0.2, 0.25) is 0 Å². The number of rotatable bonds is 4. The summed E-state index contributed by atoms with van der Waals surface area (Å²) in [6, 6.07) is 4.62. The van der Waals surface area contributed by atoms with Gasteiger partial charge in [-0.2, -0.15) is 18.3 Å². The number of amides is 1. The molecule has 4 rings (SSSR count). The van der Waals surface area contributed by atoms with Gasteiger partial charge < -0.3 is 10.5 Å². The Morgan fingerprint density at radius 1 is 1.35 bits per heavy atom. The molecule has 0 spiro atoms. The van der Waals surface area contributed by atoms with Crippen molar-refractivity contribution < 1.29 is 27.1 Å². The third-order valence-corrected chi connectivity index (χ3v) is 5.18. The van der Waals surface area contributed by atoms with Gasteiger partial charge in [-0.1, -0.05) is 12.1 Å². The summed E-state index contributed by atoms with van der Waals surface area (Å²) in [6.45, 7) is -0.312. The predicted octanol–water partition coefficient (Wildman–Crippen LogP) is 2.64. The highest BCUT2D eigenvalue weighted by molar-refractivity contribution is 6.01. The minimum absolute atomic E-state index is 0.0532. The number of hydrogen-bond donors (Lipinski definition) is 1. The molecule has 164 valence electrons. The van der Waals surface area contributed by atoms with E-state index in [1.807, 2.05) is 0 Å². The van der Waals surface area contributed by atoms with E-state index >= 15 is 4.39 Å². The Bertz CT molecular complexity index is 1140. The van der Waals surface area contributed by atoms with Gasteiger partial charge >= 0.3 is 6.18 Å². The molecule has 1 aromatic carbocycles. The maximum absolute atomic E-state index is 15.4. The van der Waals surface area contributed by atoms with Crippen LogP contribution in [0.4, 0.5) is 17.6 Å². The number of aromatic nitrogens is 3. The molecule has 2 aromatic heterocycles. The van der Waals surface area contributed by atoms with Gasteiger partial charge in [0, 0.05) is 49.4 Å². The quantitative estimate of drug-likeness (QED) is 0.635.